The third-order valence-corrected chi connectivity index (χ3v) is 5.88. The highest BCUT2D eigenvalue weighted by molar-refractivity contribution is 5.95. The summed E-state index contributed by atoms with van der Waals surface area (Å²) in [5.74, 6) is -0.305. The number of ether oxygens (including phenoxy) is 1. The summed E-state index contributed by atoms with van der Waals surface area (Å²) < 4.78 is 5.39. The third kappa shape index (κ3) is 6.23. The fourth-order valence-electron chi connectivity index (χ4n) is 3.98. The number of nitrogens with zero attached hydrogens (tertiary/aromatic N) is 1. The van der Waals surface area contributed by atoms with Gasteiger partial charge in [0.15, 0.2) is 6.04 Å². The molecule has 1 unspecified atom stereocenters. The summed E-state index contributed by atoms with van der Waals surface area (Å²) in [6.45, 7) is 6.41. The molecule has 7 heteroatoms. The van der Waals surface area contributed by atoms with Gasteiger partial charge < -0.3 is 26.0 Å². The van der Waals surface area contributed by atoms with Gasteiger partial charge in [0.25, 0.3) is 0 Å². The molecule has 0 radical (unpaired) electrons. The molecule has 3 rings (SSSR count). The van der Waals surface area contributed by atoms with Crippen LogP contribution < -0.4 is 16.4 Å². The Labute approximate surface area is 190 Å². The van der Waals surface area contributed by atoms with Crippen molar-refractivity contribution in [3.8, 4) is 0 Å². The molecule has 0 saturated carbocycles. The molecule has 2 aromatic rings. The summed E-state index contributed by atoms with van der Waals surface area (Å²) in [7, 11) is 2.16. The number of anilines is 2. The Bertz CT molecular complexity index is 920. The van der Waals surface area contributed by atoms with Crippen molar-refractivity contribution in [2.45, 2.75) is 45.2 Å². The average Bonchev–Trinajstić information content (AvgIpc) is 2.79. The second-order valence-corrected chi connectivity index (χ2v) is 8.36. The van der Waals surface area contributed by atoms with Crippen molar-refractivity contribution in [3.63, 3.8) is 0 Å². The van der Waals surface area contributed by atoms with Crippen molar-refractivity contribution in [3.05, 3.63) is 59.2 Å². The van der Waals surface area contributed by atoms with Crippen LogP contribution in [0.15, 0.2) is 42.5 Å². The fourth-order valence-corrected chi connectivity index (χ4v) is 3.98. The number of benzene rings is 2. The van der Waals surface area contributed by atoms with Crippen molar-refractivity contribution >= 4 is 23.2 Å². The molecule has 0 aromatic heterocycles. The van der Waals surface area contributed by atoms with E-state index in [1.807, 2.05) is 19.1 Å². The molecule has 1 aliphatic heterocycles. The van der Waals surface area contributed by atoms with Gasteiger partial charge in [0.1, 0.15) is 5.84 Å². The Hall–Kier alpha value is -3.06. The third-order valence-electron chi connectivity index (χ3n) is 5.88. The van der Waals surface area contributed by atoms with Crippen molar-refractivity contribution in [1.29, 1.82) is 5.41 Å². The number of nitrogen functional groups attached to an aromatic ring is 1. The van der Waals surface area contributed by atoms with Gasteiger partial charge in [-0.1, -0.05) is 13.0 Å². The molecular weight excluding hydrogens is 402 g/mol. The van der Waals surface area contributed by atoms with Gasteiger partial charge >= 0.3 is 5.97 Å². The summed E-state index contributed by atoms with van der Waals surface area (Å²) in [6.07, 6.45) is 3.08. The Morgan fingerprint density at radius 2 is 1.84 bits per heavy atom. The first-order valence-electron chi connectivity index (χ1n) is 11.4. The van der Waals surface area contributed by atoms with E-state index in [4.69, 9.17) is 15.9 Å². The van der Waals surface area contributed by atoms with Crippen LogP contribution in [-0.2, 0) is 16.0 Å². The Morgan fingerprint density at radius 3 is 2.44 bits per heavy atom. The highest BCUT2D eigenvalue weighted by Gasteiger charge is 2.24. The smallest absolute Gasteiger partial charge is 0.333 e. The maximum absolute atomic E-state index is 12.9. The van der Waals surface area contributed by atoms with Gasteiger partial charge in [-0.2, -0.15) is 0 Å². The highest BCUT2D eigenvalue weighted by atomic mass is 16.5. The minimum Gasteiger partial charge on any atom is -0.464 e. The molecule has 1 fully saturated rings. The molecule has 1 aliphatic rings. The molecule has 0 spiro atoms. The molecule has 1 atom stereocenters. The molecule has 5 N–H and O–H groups in total. The second-order valence-electron chi connectivity index (χ2n) is 8.36. The average molecular weight is 438 g/mol. The number of likely N-dealkylation sites (tertiary alicyclic amines) is 1. The largest absolute Gasteiger partial charge is 0.464 e. The number of nitrogens with two attached hydrogens (primary N) is 1. The van der Waals surface area contributed by atoms with Crippen LogP contribution in [0.25, 0.3) is 0 Å². The molecule has 0 aliphatic carbocycles. The Kier molecular flexibility index (Phi) is 8.11. The normalized spacial score (nSPS) is 15.7. The number of hydrogen-bond acceptors (Lipinski definition) is 6. The van der Waals surface area contributed by atoms with Gasteiger partial charge in [0.2, 0.25) is 0 Å². The first-order chi connectivity index (χ1) is 15.4. The molecular formula is C25H35N5O2. The van der Waals surface area contributed by atoms with Crippen molar-refractivity contribution in [2.24, 2.45) is 5.73 Å². The monoisotopic (exact) mass is 437 g/mol. The number of aryl methyl sites for hydroxylation is 1. The number of nitrogens with one attached hydrogen (secondary N) is 3. The van der Waals surface area contributed by atoms with E-state index in [2.05, 4.69) is 47.7 Å². The summed E-state index contributed by atoms with van der Waals surface area (Å²) in [6, 6.07) is 13.3. The first-order valence-corrected chi connectivity index (χ1v) is 11.4. The minimum absolute atomic E-state index is 0.0127. The molecule has 7 nitrogen and oxygen atoms in total. The summed E-state index contributed by atoms with van der Waals surface area (Å²) in [5, 5.41) is 14.6. The van der Waals surface area contributed by atoms with Crippen LogP contribution in [0.4, 0.5) is 11.4 Å². The van der Waals surface area contributed by atoms with Crippen LogP contribution in [-0.4, -0.2) is 49.5 Å². The Morgan fingerprint density at radius 1 is 1.16 bits per heavy atom. The number of carbonyl (C=O) groups excluding carboxylic acids is 1. The Balaban J connectivity index is 1.87. The van der Waals surface area contributed by atoms with Gasteiger partial charge in [-0.3, -0.25) is 5.41 Å². The van der Waals surface area contributed by atoms with Crippen molar-refractivity contribution in [2.75, 3.05) is 37.4 Å². The van der Waals surface area contributed by atoms with Crippen LogP contribution in [0.3, 0.4) is 0 Å². The van der Waals surface area contributed by atoms with E-state index in [-0.39, 0.29) is 11.8 Å². The number of amidine groups is 1. The highest BCUT2D eigenvalue weighted by Crippen LogP contribution is 2.27. The van der Waals surface area contributed by atoms with Crippen LogP contribution >= 0.6 is 0 Å². The van der Waals surface area contributed by atoms with Gasteiger partial charge in [-0.15, -0.1) is 0 Å². The molecule has 2 aromatic carbocycles. The van der Waals surface area contributed by atoms with Gasteiger partial charge in [0, 0.05) is 23.0 Å². The molecule has 32 heavy (non-hydrogen) atoms. The molecule has 1 saturated heterocycles. The zero-order valence-electron chi connectivity index (χ0n) is 19.3. The van der Waals surface area contributed by atoms with Crippen LogP contribution in [0, 0.1) is 5.41 Å². The van der Waals surface area contributed by atoms with Gasteiger partial charge in [0.05, 0.1) is 6.61 Å². The molecule has 172 valence electrons. The zero-order valence-corrected chi connectivity index (χ0v) is 19.3. The maximum Gasteiger partial charge on any atom is 0.333 e. The van der Waals surface area contributed by atoms with E-state index in [1.54, 1.807) is 12.1 Å². The first kappa shape index (κ1) is 23.6. The van der Waals surface area contributed by atoms with E-state index < -0.39 is 6.04 Å². The fraction of sp³-hybridized carbons (Fsp3) is 0.440. The zero-order chi connectivity index (χ0) is 23.1. The van der Waals surface area contributed by atoms with Gasteiger partial charge in [-0.25, -0.2) is 4.79 Å². The number of esters is 1. The predicted octanol–water partition coefficient (Wildman–Crippen LogP) is 3.76. The van der Waals surface area contributed by atoms with Crippen LogP contribution in [0.5, 0.6) is 0 Å². The van der Waals surface area contributed by atoms with Crippen molar-refractivity contribution in [1.82, 2.24) is 4.90 Å². The maximum atomic E-state index is 12.9. The van der Waals surface area contributed by atoms with E-state index in [1.165, 1.54) is 5.56 Å². The predicted molar refractivity (Wildman–Crippen MR) is 130 cm³/mol. The van der Waals surface area contributed by atoms with Gasteiger partial charge in [-0.05, 0) is 93.8 Å². The lowest BCUT2D eigenvalue weighted by molar-refractivity contribution is -0.144. The lowest BCUT2D eigenvalue weighted by Gasteiger charge is -2.30. The van der Waals surface area contributed by atoms with E-state index in [0.29, 0.717) is 18.2 Å². The SMILES string of the molecule is CCOC(=O)C(Nc1ccc(C(=N)N)cc1)c1cc(CC)cc(NC2CCN(C)CC2)c1. The molecule has 0 amide bonds. The van der Waals surface area contributed by atoms with Crippen LogP contribution in [0.2, 0.25) is 0 Å². The van der Waals surface area contributed by atoms with E-state index >= 15 is 0 Å². The topological polar surface area (TPSA) is 103 Å². The van der Waals surface area contributed by atoms with Crippen molar-refractivity contribution < 1.29 is 9.53 Å². The quantitative estimate of drug-likeness (QED) is 0.271. The number of hydrogen-bond donors (Lipinski definition) is 4. The molecule has 0 bridgehead atoms. The number of piperidine rings is 1. The lowest BCUT2D eigenvalue weighted by atomic mass is 9.99. The number of carbonyl (C=O) groups is 1. The summed E-state index contributed by atoms with van der Waals surface area (Å²) in [5.41, 5.74) is 10.0. The summed E-state index contributed by atoms with van der Waals surface area (Å²) >= 11 is 0. The minimum atomic E-state index is -0.636. The summed E-state index contributed by atoms with van der Waals surface area (Å²) in [4.78, 5) is 15.2. The standard InChI is InChI=1S/C25H35N5O2/c1-4-17-14-19(16-22(15-17)28-21-10-12-30(3)13-11-21)23(25(31)32-5-2)29-20-8-6-18(7-9-20)24(26)27/h6-9,14-16,21,23,28-29H,4-5,10-13H2,1-3H3,(H3,26,27). The molecule has 1 heterocycles. The second kappa shape index (κ2) is 11.0. The lowest BCUT2D eigenvalue weighted by Crippen LogP contribution is -2.36. The van der Waals surface area contributed by atoms with E-state index in [9.17, 15) is 4.79 Å². The van der Waals surface area contributed by atoms with Crippen LogP contribution in [0.1, 0.15) is 49.4 Å². The number of rotatable bonds is 9. The van der Waals surface area contributed by atoms with E-state index in [0.717, 1.165) is 49.3 Å².